The zero-order valence-electron chi connectivity index (χ0n) is 17.2. The van der Waals surface area contributed by atoms with Gasteiger partial charge in [0.2, 0.25) is 0 Å². The smallest absolute Gasteiger partial charge is 0.165 e. The normalized spacial score (nSPS) is 15.1. The molecule has 4 aromatic rings. The minimum absolute atomic E-state index is 0.0649. The number of rotatable bonds is 3. The summed E-state index contributed by atoms with van der Waals surface area (Å²) in [5, 5.41) is 4.89. The van der Waals surface area contributed by atoms with Crippen molar-refractivity contribution in [1.82, 2.24) is 14.8 Å². The lowest BCUT2D eigenvalue weighted by Gasteiger charge is -2.29. The predicted molar refractivity (Wildman–Crippen MR) is 119 cm³/mol. The highest BCUT2D eigenvalue weighted by atomic mass is 16.1. The Bertz CT molecular complexity index is 1220. The minimum Gasteiger partial charge on any atom is -0.294 e. The molecule has 2 aromatic carbocycles. The Labute approximate surface area is 176 Å². The molecule has 0 spiro atoms. The average Bonchev–Trinajstić information content (AvgIpc) is 3.19. The number of nitrogens with zero attached hydrogens (tertiary/aromatic N) is 3. The van der Waals surface area contributed by atoms with Gasteiger partial charge in [0.25, 0.3) is 0 Å². The number of benzene rings is 2. The molecule has 0 saturated carbocycles. The van der Waals surface area contributed by atoms with E-state index in [4.69, 9.17) is 10.1 Å². The van der Waals surface area contributed by atoms with E-state index in [1.165, 1.54) is 0 Å². The molecule has 2 aromatic heterocycles. The van der Waals surface area contributed by atoms with Crippen LogP contribution in [0.25, 0.3) is 28.3 Å². The number of carbonyl (C=O) groups excluding carboxylic acids is 1. The van der Waals surface area contributed by atoms with Gasteiger partial charge in [-0.05, 0) is 42.2 Å². The Morgan fingerprint density at radius 2 is 1.53 bits per heavy atom. The van der Waals surface area contributed by atoms with Crippen molar-refractivity contribution in [2.75, 3.05) is 0 Å². The first-order valence-corrected chi connectivity index (χ1v) is 10.2. The number of pyridine rings is 1. The molecule has 0 radical (unpaired) electrons. The van der Waals surface area contributed by atoms with Gasteiger partial charge in [-0.25, -0.2) is 4.68 Å². The first-order chi connectivity index (χ1) is 14.5. The first-order valence-electron chi connectivity index (χ1n) is 10.2. The fourth-order valence-electron chi connectivity index (χ4n) is 4.16. The van der Waals surface area contributed by atoms with Crippen molar-refractivity contribution in [3.63, 3.8) is 0 Å². The molecule has 0 fully saturated rings. The molecule has 5 rings (SSSR count). The van der Waals surface area contributed by atoms with Crippen LogP contribution in [0.5, 0.6) is 0 Å². The van der Waals surface area contributed by atoms with Gasteiger partial charge in [0, 0.05) is 17.5 Å². The minimum atomic E-state index is -0.0649. The van der Waals surface area contributed by atoms with E-state index < -0.39 is 0 Å². The maximum Gasteiger partial charge on any atom is 0.165 e. The first kappa shape index (κ1) is 18.5. The van der Waals surface area contributed by atoms with Crippen LogP contribution in [0.4, 0.5) is 0 Å². The number of fused-ring (bicyclic) bond motifs is 1. The quantitative estimate of drug-likeness (QED) is 0.445. The van der Waals surface area contributed by atoms with Crippen molar-refractivity contribution in [2.24, 2.45) is 5.41 Å². The largest absolute Gasteiger partial charge is 0.294 e. The third kappa shape index (κ3) is 3.35. The Kier molecular flexibility index (Phi) is 4.35. The fourth-order valence-corrected chi connectivity index (χ4v) is 4.16. The lowest BCUT2D eigenvalue weighted by Crippen LogP contribution is -2.28. The molecule has 2 heterocycles. The number of ketones is 1. The molecular weight excluding hydrogens is 370 g/mol. The molecule has 4 heteroatoms. The Balaban J connectivity index is 1.67. The second-order valence-electron chi connectivity index (χ2n) is 8.66. The summed E-state index contributed by atoms with van der Waals surface area (Å²) >= 11 is 0. The zero-order chi connectivity index (χ0) is 20.7. The predicted octanol–water partition coefficient (Wildman–Crippen LogP) is 5.76. The molecule has 4 nitrogen and oxygen atoms in total. The Morgan fingerprint density at radius 1 is 0.833 bits per heavy atom. The van der Waals surface area contributed by atoms with Gasteiger partial charge >= 0.3 is 0 Å². The topological polar surface area (TPSA) is 47.8 Å². The number of aromatic nitrogens is 3. The zero-order valence-corrected chi connectivity index (χ0v) is 17.2. The standard InChI is InChI=1S/C26H23N3O/c1-26(2)16-23-20(25(30)17-26)13-14-21(27-23)24-15-22(18-9-5-3-6-10-18)28-29(24)19-11-7-4-8-12-19/h3-15H,16-17H2,1-2H3. The van der Waals surface area contributed by atoms with E-state index >= 15 is 0 Å². The number of carbonyl (C=O) groups is 1. The summed E-state index contributed by atoms with van der Waals surface area (Å²) < 4.78 is 1.94. The maximum atomic E-state index is 12.6. The highest BCUT2D eigenvalue weighted by molar-refractivity contribution is 5.98. The van der Waals surface area contributed by atoms with Crippen LogP contribution in [0.15, 0.2) is 78.9 Å². The van der Waals surface area contributed by atoms with E-state index in [1.807, 2.05) is 65.3 Å². The highest BCUT2D eigenvalue weighted by Gasteiger charge is 2.32. The summed E-state index contributed by atoms with van der Waals surface area (Å²) in [6, 6.07) is 26.2. The van der Waals surface area contributed by atoms with Crippen LogP contribution in [0.2, 0.25) is 0 Å². The second kappa shape index (κ2) is 7.06. The molecule has 0 N–H and O–H groups in total. The molecule has 0 atom stereocenters. The monoisotopic (exact) mass is 393 g/mol. The lowest BCUT2D eigenvalue weighted by atomic mass is 9.75. The molecule has 0 aliphatic heterocycles. The van der Waals surface area contributed by atoms with E-state index in [2.05, 4.69) is 32.0 Å². The van der Waals surface area contributed by atoms with E-state index in [9.17, 15) is 4.79 Å². The van der Waals surface area contributed by atoms with Gasteiger partial charge in [0.05, 0.1) is 28.5 Å². The maximum absolute atomic E-state index is 12.6. The van der Waals surface area contributed by atoms with Crippen molar-refractivity contribution >= 4 is 5.78 Å². The molecule has 0 saturated heterocycles. The van der Waals surface area contributed by atoms with Crippen molar-refractivity contribution in [2.45, 2.75) is 26.7 Å². The van der Waals surface area contributed by atoms with Gasteiger partial charge in [-0.15, -0.1) is 0 Å². The van der Waals surface area contributed by atoms with Gasteiger partial charge < -0.3 is 0 Å². The van der Waals surface area contributed by atoms with Crippen molar-refractivity contribution in [1.29, 1.82) is 0 Å². The third-order valence-corrected chi connectivity index (χ3v) is 5.60. The van der Waals surface area contributed by atoms with Crippen LogP contribution in [0.3, 0.4) is 0 Å². The van der Waals surface area contributed by atoms with Crippen molar-refractivity contribution < 1.29 is 4.79 Å². The Morgan fingerprint density at radius 3 is 2.27 bits per heavy atom. The van der Waals surface area contributed by atoms with E-state index in [0.29, 0.717) is 6.42 Å². The number of hydrogen-bond acceptors (Lipinski definition) is 3. The fraction of sp³-hybridized carbons (Fsp3) is 0.192. The van der Waals surface area contributed by atoms with Crippen molar-refractivity contribution in [3.05, 3.63) is 90.1 Å². The summed E-state index contributed by atoms with van der Waals surface area (Å²) in [6.07, 6.45) is 1.37. The summed E-state index contributed by atoms with van der Waals surface area (Å²) in [4.78, 5) is 17.5. The summed E-state index contributed by atoms with van der Waals surface area (Å²) in [5.74, 6) is 0.182. The van der Waals surface area contributed by atoms with Gasteiger partial charge in [-0.1, -0.05) is 62.4 Å². The molecule has 0 unspecified atom stereocenters. The third-order valence-electron chi connectivity index (χ3n) is 5.60. The molecular formula is C26H23N3O. The van der Waals surface area contributed by atoms with Crippen LogP contribution in [-0.2, 0) is 6.42 Å². The number of para-hydroxylation sites is 1. The average molecular weight is 393 g/mol. The Hall–Kier alpha value is -3.53. The van der Waals surface area contributed by atoms with Crippen LogP contribution in [0, 0.1) is 5.41 Å². The van der Waals surface area contributed by atoms with Gasteiger partial charge in [0.1, 0.15) is 0 Å². The summed E-state index contributed by atoms with van der Waals surface area (Å²) in [7, 11) is 0. The van der Waals surface area contributed by atoms with Gasteiger partial charge in [-0.2, -0.15) is 5.10 Å². The van der Waals surface area contributed by atoms with Crippen LogP contribution >= 0.6 is 0 Å². The van der Waals surface area contributed by atoms with E-state index in [1.54, 1.807) is 0 Å². The highest BCUT2D eigenvalue weighted by Crippen LogP contribution is 2.35. The molecule has 0 bridgehead atoms. The summed E-state index contributed by atoms with van der Waals surface area (Å²) in [6.45, 7) is 4.26. The molecule has 1 aliphatic rings. The molecule has 30 heavy (non-hydrogen) atoms. The number of Topliss-reactive ketones (excluding diaryl/α,β-unsaturated/α-hetero) is 1. The van der Waals surface area contributed by atoms with E-state index in [0.717, 1.165) is 46.0 Å². The van der Waals surface area contributed by atoms with Gasteiger partial charge in [-0.3, -0.25) is 9.78 Å². The lowest BCUT2D eigenvalue weighted by molar-refractivity contribution is 0.0910. The SMILES string of the molecule is CC1(C)CC(=O)c2ccc(-c3cc(-c4ccccc4)nn3-c3ccccc3)nc2C1. The summed E-state index contributed by atoms with van der Waals surface area (Å²) in [5.41, 5.74) is 6.25. The molecule has 148 valence electrons. The van der Waals surface area contributed by atoms with Crippen LogP contribution < -0.4 is 0 Å². The molecule has 0 amide bonds. The van der Waals surface area contributed by atoms with Crippen LogP contribution in [0.1, 0.15) is 36.3 Å². The molecule has 1 aliphatic carbocycles. The van der Waals surface area contributed by atoms with E-state index in [-0.39, 0.29) is 11.2 Å². The number of hydrogen-bond donors (Lipinski definition) is 0. The van der Waals surface area contributed by atoms with Gasteiger partial charge in [0.15, 0.2) is 5.78 Å². The second-order valence-corrected chi connectivity index (χ2v) is 8.66. The van der Waals surface area contributed by atoms with Crippen LogP contribution in [-0.4, -0.2) is 20.5 Å². The van der Waals surface area contributed by atoms with Crippen molar-refractivity contribution in [3.8, 4) is 28.3 Å².